The van der Waals surface area contributed by atoms with E-state index in [9.17, 15) is 9.59 Å². The van der Waals surface area contributed by atoms with Crippen LogP contribution in [0.4, 0.5) is 4.79 Å². The predicted molar refractivity (Wildman–Crippen MR) is 58.8 cm³/mol. The predicted octanol–water partition coefficient (Wildman–Crippen LogP) is 0.984. The van der Waals surface area contributed by atoms with Crippen LogP contribution in [0, 0.1) is 0 Å². The fraction of sp³-hybridized carbons (Fsp3) is 0.273. The van der Waals surface area contributed by atoms with Crippen LogP contribution >= 0.6 is 0 Å². The molecule has 0 aliphatic carbocycles. The second-order valence-electron chi connectivity index (χ2n) is 3.51. The summed E-state index contributed by atoms with van der Waals surface area (Å²) in [5.74, 6) is -0.475. The zero-order chi connectivity index (χ0) is 12.1. The molecule has 0 saturated heterocycles. The Kier molecular flexibility index (Phi) is 3.88. The van der Waals surface area contributed by atoms with Gasteiger partial charge in [0.2, 0.25) is 5.91 Å². The highest BCUT2D eigenvalue weighted by molar-refractivity contribution is 5.92. The number of primary amides is 1. The minimum atomic E-state index is -0.475. The molecule has 0 aromatic heterocycles. The maximum Gasteiger partial charge on any atom is 0.409 e. The summed E-state index contributed by atoms with van der Waals surface area (Å²) >= 11 is 0. The molecular weight excluding hydrogens is 208 g/mol. The maximum absolute atomic E-state index is 11.1. The van der Waals surface area contributed by atoms with Crippen molar-refractivity contribution in [1.29, 1.82) is 0 Å². The number of hydrogen-bond donors (Lipinski definition) is 1. The Balaban J connectivity index is 2.56. The summed E-state index contributed by atoms with van der Waals surface area (Å²) in [6, 6.07) is 6.59. The van der Waals surface area contributed by atoms with Crippen LogP contribution in [-0.2, 0) is 11.3 Å². The van der Waals surface area contributed by atoms with Gasteiger partial charge in [0.1, 0.15) is 6.61 Å². The largest absolute Gasteiger partial charge is 0.445 e. The monoisotopic (exact) mass is 222 g/mol. The molecule has 0 fully saturated rings. The molecule has 2 N–H and O–H groups in total. The molecule has 1 rings (SSSR count). The number of hydrogen-bond acceptors (Lipinski definition) is 3. The molecule has 0 unspecified atom stereocenters. The molecular formula is C11H14N2O3. The molecule has 1 aromatic carbocycles. The Morgan fingerprint density at radius 3 is 2.25 bits per heavy atom. The van der Waals surface area contributed by atoms with Gasteiger partial charge in [-0.15, -0.1) is 0 Å². The smallest absolute Gasteiger partial charge is 0.409 e. The summed E-state index contributed by atoms with van der Waals surface area (Å²) in [6.45, 7) is 0.177. The molecule has 86 valence electrons. The first kappa shape index (κ1) is 12.0. The van der Waals surface area contributed by atoms with Crippen molar-refractivity contribution in [2.75, 3.05) is 14.1 Å². The van der Waals surface area contributed by atoms with Crippen LogP contribution in [0.2, 0.25) is 0 Å². The highest BCUT2D eigenvalue weighted by atomic mass is 16.6. The van der Waals surface area contributed by atoms with E-state index in [1.807, 2.05) is 0 Å². The van der Waals surface area contributed by atoms with E-state index in [-0.39, 0.29) is 6.61 Å². The number of rotatable bonds is 3. The Bertz CT molecular complexity index is 385. The molecule has 1 aromatic rings. The third-order valence-electron chi connectivity index (χ3n) is 1.97. The minimum absolute atomic E-state index is 0.177. The molecule has 0 bridgehead atoms. The second-order valence-corrected chi connectivity index (χ2v) is 3.51. The molecule has 0 aliphatic heterocycles. The first-order chi connectivity index (χ1) is 7.50. The van der Waals surface area contributed by atoms with Crippen molar-refractivity contribution in [3.8, 4) is 0 Å². The van der Waals surface area contributed by atoms with E-state index in [2.05, 4.69) is 0 Å². The van der Waals surface area contributed by atoms with Gasteiger partial charge in [-0.3, -0.25) is 4.79 Å². The van der Waals surface area contributed by atoms with E-state index in [1.54, 1.807) is 38.4 Å². The molecule has 2 amide bonds. The first-order valence-corrected chi connectivity index (χ1v) is 4.73. The van der Waals surface area contributed by atoms with Gasteiger partial charge in [-0.1, -0.05) is 12.1 Å². The van der Waals surface area contributed by atoms with Crippen molar-refractivity contribution in [1.82, 2.24) is 4.90 Å². The van der Waals surface area contributed by atoms with E-state index in [0.717, 1.165) is 5.56 Å². The molecule has 16 heavy (non-hydrogen) atoms. The van der Waals surface area contributed by atoms with Crippen molar-refractivity contribution < 1.29 is 14.3 Å². The Hall–Kier alpha value is -2.04. The van der Waals surface area contributed by atoms with Gasteiger partial charge in [-0.05, 0) is 17.7 Å². The highest BCUT2D eigenvalue weighted by Crippen LogP contribution is 2.05. The van der Waals surface area contributed by atoms with Gasteiger partial charge in [0, 0.05) is 19.7 Å². The van der Waals surface area contributed by atoms with Crippen molar-refractivity contribution in [3.63, 3.8) is 0 Å². The van der Waals surface area contributed by atoms with Crippen molar-refractivity contribution in [3.05, 3.63) is 35.4 Å². The Morgan fingerprint density at radius 1 is 1.25 bits per heavy atom. The van der Waals surface area contributed by atoms with Gasteiger partial charge in [-0.2, -0.15) is 0 Å². The number of nitrogens with two attached hydrogens (primary N) is 1. The van der Waals surface area contributed by atoms with Gasteiger partial charge in [-0.25, -0.2) is 4.79 Å². The highest BCUT2D eigenvalue weighted by Gasteiger charge is 2.05. The molecule has 0 radical (unpaired) electrons. The maximum atomic E-state index is 11.1. The average molecular weight is 222 g/mol. The number of benzene rings is 1. The molecule has 0 saturated carbocycles. The quantitative estimate of drug-likeness (QED) is 0.828. The summed E-state index contributed by atoms with van der Waals surface area (Å²) in [5.41, 5.74) is 6.33. The summed E-state index contributed by atoms with van der Waals surface area (Å²) in [6.07, 6.45) is -0.404. The molecule has 0 atom stereocenters. The van der Waals surface area contributed by atoms with Crippen LogP contribution in [0.5, 0.6) is 0 Å². The van der Waals surface area contributed by atoms with Crippen LogP contribution in [0.25, 0.3) is 0 Å². The molecule has 0 heterocycles. The number of ether oxygens (including phenoxy) is 1. The van der Waals surface area contributed by atoms with Crippen LogP contribution in [-0.4, -0.2) is 31.0 Å². The zero-order valence-electron chi connectivity index (χ0n) is 9.27. The third kappa shape index (κ3) is 3.27. The van der Waals surface area contributed by atoms with E-state index in [1.165, 1.54) is 4.90 Å². The second kappa shape index (κ2) is 5.16. The molecule has 0 spiro atoms. The molecule has 5 nitrogen and oxygen atoms in total. The fourth-order valence-electron chi connectivity index (χ4n) is 1.04. The average Bonchev–Trinajstić information content (AvgIpc) is 2.26. The summed E-state index contributed by atoms with van der Waals surface area (Å²) in [4.78, 5) is 23.3. The van der Waals surface area contributed by atoms with Crippen LogP contribution < -0.4 is 5.73 Å². The van der Waals surface area contributed by atoms with Crippen LogP contribution in [0.15, 0.2) is 24.3 Å². The van der Waals surface area contributed by atoms with Crippen molar-refractivity contribution in [2.24, 2.45) is 5.73 Å². The van der Waals surface area contributed by atoms with E-state index in [0.29, 0.717) is 5.56 Å². The summed E-state index contributed by atoms with van der Waals surface area (Å²) < 4.78 is 4.96. The van der Waals surface area contributed by atoms with Gasteiger partial charge in [0.15, 0.2) is 0 Å². The van der Waals surface area contributed by atoms with Gasteiger partial charge >= 0.3 is 6.09 Å². The molecule has 0 aliphatic rings. The van der Waals surface area contributed by atoms with Crippen molar-refractivity contribution >= 4 is 12.0 Å². The van der Waals surface area contributed by atoms with Crippen LogP contribution in [0.3, 0.4) is 0 Å². The fourth-order valence-corrected chi connectivity index (χ4v) is 1.04. The van der Waals surface area contributed by atoms with Gasteiger partial charge < -0.3 is 15.4 Å². The SMILES string of the molecule is CN(C)C(=O)OCc1ccc(C(N)=O)cc1. The summed E-state index contributed by atoms with van der Waals surface area (Å²) in [5, 5.41) is 0. The number of carbonyl (C=O) groups is 2. The minimum Gasteiger partial charge on any atom is -0.445 e. The van der Waals surface area contributed by atoms with Gasteiger partial charge in [0.05, 0.1) is 0 Å². The Morgan fingerprint density at radius 2 is 1.81 bits per heavy atom. The van der Waals surface area contributed by atoms with Crippen LogP contribution in [0.1, 0.15) is 15.9 Å². The van der Waals surface area contributed by atoms with E-state index in [4.69, 9.17) is 10.5 Å². The lowest BCUT2D eigenvalue weighted by molar-refractivity contribution is 0.0999. The van der Waals surface area contributed by atoms with Crippen molar-refractivity contribution in [2.45, 2.75) is 6.61 Å². The normalized spacial score (nSPS) is 9.62. The van der Waals surface area contributed by atoms with E-state index < -0.39 is 12.0 Å². The number of amides is 2. The van der Waals surface area contributed by atoms with E-state index >= 15 is 0 Å². The molecule has 5 heteroatoms. The first-order valence-electron chi connectivity index (χ1n) is 4.73. The standard InChI is InChI=1S/C11H14N2O3/c1-13(2)11(15)16-7-8-3-5-9(6-4-8)10(12)14/h3-6H,7H2,1-2H3,(H2,12,14). The number of carbonyl (C=O) groups excluding carboxylic acids is 2. The lowest BCUT2D eigenvalue weighted by atomic mass is 10.1. The zero-order valence-corrected chi connectivity index (χ0v) is 9.27. The number of nitrogens with zero attached hydrogens (tertiary/aromatic N) is 1. The lowest BCUT2D eigenvalue weighted by Gasteiger charge is -2.10. The third-order valence-corrected chi connectivity index (χ3v) is 1.97. The lowest BCUT2D eigenvalue weighted by Crippen LogP contribution is -2.22. The Labute approximate surface area is 93.8 Å². The summed E-state index contributed by atoms with van der Waals surface area (Å²) in [7, 11) is 3.22. The topological polar surface area (TPSA) is 72.6 Å². The van der Waals surface area contributed by atoms with Gasteiger partial charge in [0.25, 0.3) is 0 Å².